The highest BCUT2D eigenvalue weighted by Crippen LogP contribution is 2.44. The highest BCUT2D eigenvalue weighted by molar-refractivity contribution is 6.31. The second kappa shape index (κ2) is 17.9. The fraction of sp³-hybridized carbons (Fsp3) is 0.417. The molecule has 4 aromatic rings. The first-order chi connectivity index (χ1) is 24.6. The zero-order valence-corrected chi connectivity index (χ0v) is 29.3. The first-order valence-electron chi connectivity index (χ1n) is 17.1. The van der Waals surface area contributed by atoms with Crippen molar-refractivity contribution in [1.29, 1.82) is 0 Å². The van der Waals surface area contributed by atoms with Crippen LogP contribution in [0.4, 0.5) is 15.9 Å². The number of carbonyl (C=O) groups excluding carboxylic acids is 2. The summed E-state index contributed by atoms with van der Waals surface area (Å²) in [5.41, 5.74) is 11.6. The third kappa shape index (κ3) is 10.6. The summed E-state index contributed by atoms with van der Waals surface area (Å²) >= 11 is 6.30. The molecule has 0 spiro atoms. The number of hydrogen-bond acceptors (Lipinski definition) is 9. The molecule has 2 amide bonds. The Labute approximate surface area is 300 Å². The summed E-state index contributed by atoms with van der Waals surface area (Å²) < 4.78 is 20.2. The molecule has 5 rings (SSSR count). The molecule has 51 heavy (non-hydrogen) atoms. The Balaban J connectivity index is 1.28. The number of halogens is 2. The van der Waals surface area contributed by atoms with E-state index in [1.807, 2.05) is 25.1 Å². The van der Waals surface area contributed by atoms with Crippen molar-refractivity contribution in [3.8, 4) is 22.5 Å². The van der Waals surface area contributed by atoms with Crippen LogP contribution in [0.3, 0.4) is 0 Å². The van der Waals surface area contributed by atoms with E-state index >= 15 is 0 Å². The highest BCUT2D eigenvalue weighted by atomic mass is 35.5. The van der Waals surface area contributed by atoms with Crippen LogP contribution in [0.15, 0.2) is 42.6 Å². The molecule has 0 radical (unpaired) electrons. The second-order valence-corrected chi connectivity index (χ2v) is 13.0. The van der Waals surface area contributed by atoms with Crippen molar-refractivity contribution in [2.45, 2.75) is 51.5 Å². The Morgan fingerprint density at radius 1 is 1.04 bits per heavy atom. The molecule has 0 atom stereocenters. The van der Waals surface area contributed by atoms with Gasteiger partial charge in [-0.2, -0.15) is 0 Å². The number of aliphatic carboxylic acids is 1. The molecule has 0 unspecified atom stereocenters. The Hall–Kier alpha value is -4.79. The average molecular weight is 723 g/mol. The van der Waals surface area contributed by atoms with Crippen molar-refractivity contribution < 1.29 is 28.6 Å². The molecule has 13 nitrogen and oxygen atoms in total. The lowest BCUT2D eigenvalue weighted by molar-refractivity contribution is -0.137. The Morgan fingerprint density at radius 2 is 1.76 bits per heavy atom. The van der Waals surface area contributed by atoms with E-state index in [4.69, 9.17) is 37.1 Å². The van der Waals surface area contributed by atoms with Crippen LogP contribution in [0, 0.1) is 12.7 Å². The number of benzene rings is 2. The number of nitrogens with zero attached hydrogens (tertiary/aromatic N) is 3. The number of anilines is 2. The van der Waals surface area contributed by atoms with Gasteiger partial charge in [-0.05, 0) is 67.6 Å². The van der Waals surface area contributed by atoms with Crippen LogP contribution >= 0.6 is 11.6 Å². The van der Waals surface area contributed by atoms with Gasteiger partial charge in [-0.25, -0.2) is 14.4 Å². The molecule has 1 aliphatic rings. The van der Waals surface area contributed by atoms with E-state index in [0.717, 1.165) is 40.7 Å². The highest BCUT2D eigenvalue weighted by Gasteiger charge is 2.27. The fourth-order valence-electron chi connectivity index (χ4n) is 5.97. The van der Waals surface area contributed by atoms with Crippen LogP contribution in [-0.4, -0.2) is 89.8 Å². The van der Waals surface area contributed by atoms with Crippen LogP contribution in [-0.2, 0) is 19.1 Å². The number of fused-ring (bicyclic) bond motifs is 1. The van der Waals surface area contributed by atoms with E-state index in [2.05, 4.69) is 25.8 Å². The first-order valence-corrected chi connectivity index (χ1v) is 17.5. The van der Waals surface area contributed by atoms with Gasteiger partial charge in [0.25, 0.3) is 0 Å². The van der Waals surface area contributed by atoms with Gasteiger partial charge in [0.05, 0.1) is 35.5 Å². The molecule has 3 heterocycles. The number of pyridine rings is 1. The van der Waals surface area contributed by atoms with Gasteiger partial charge in [0.1, 0.15) is 17.5 Å². The molecule has 0 bridgehead atoms. The van der Waals surface area contributed by atoms with Gasteiger partial charge in [0.2, 0.25) is 11.8 Å². The van der Waals surface area contributed by atoms with E-state index in [-0.39, 0.29) is 62.7 Å². The lowest BCUT2D eigenvalue weighted by atomic mass is 9.96. The number of carbonyl (C=O) groups is 3. The number of nitrogens with two attached hydrogens (primary N) is 1. The average Bonchev–Trinajstić information content (AvgIpc) is 3.51. The summed E-state index contributed by atoms with van der Waals surface area (Å²) in [7, 11) is 0. The number of aromatic amines is 1. The predicted octanol–water partition coefficient (Wildman–Crippen LogP) is 4.63. The van der Waals surface area contributed by atoms with Crippen molar-refractivity contribution in [2.75, 3.05) is 56.2 Å². The third-order valence-corrected chi connectivity index (χ3v) is 8.75. The summed E-state index contributed by atoms with van der Waals surface area (Å²) in [5, 5.41) is 18.1. The maximum Gasteiger partial charge on any atom is 0.303 e. The molecular weight excluding hydrogens is 679 g/mol. The molecule has 272 valence electrons. The van der Waals surface area contributed by atoms with E-state index in [0.29, 0.717) is 60.4 Å². The quantitative estimate of drug-likeness (QED) is 0.0840. The number of hydrogen-bond donors (Lipinski definition) is 6. The van der Waals surface area contributed by atoms with E-state index in [1.165, 1.54) is 12.1 Å². The normalized spacial score (nSPS) is 13.4. The minimum atomic E-state index is -0.906. The summed E-state index contributed by atoms with van der Waals surface area (Å²) in [4.78, 5) is 50.3. The maximum atomic E-state index is 14.7. The first kappa shape index (κ1) is 37.5. The maximum absolute atomic E-state index is 14.7. The van der Waals surface area contributed by atoms with E-state index in [1.54, 1.807) is 12.3 Å². The van der Waals surface area contributed by atoms with Crippen molar-refractivity contribution in [3.63, 3.8) is 0 Å². The van der Waals surface area contributed by atoms with Crippen molar-refractivity contribution in [2.24, 2.45) is 5.73 Å². The summed E-state index contributed by atoms with van der Waals surface area (Å²) in [6.07, 6.45) is 3.92. The summed E-state index contributed by atoms with van der Waals surface area (Å²) in [6, 6.07) is 10.5. The molecule has 2 aromatic heterocycles. The number of rotatable bonds is 17. The number of amides is 2. The van der Waals surface area contributed by atoms with Crippen molar-refractivity contribution >= 4 is 51.9 Å². The SMILES string of the molecule is Cc1cc(F)cc(-c2cnc(NCCNC(=O)CCOCCC(=O)NCCCC(=O)O)c(-c3nc4ccc(Cl)cc4[nH]3)c2N2CCC(N)CC2)c1. The number of aryl methyl sites for hydroxylation is 1. The predicted molar refractivity (Wildman–Crippen MR) is 195 cm³/mol. The monoisotopic (exact) mass is 722 g/mol. The molecule has 2 aromatic carbocycles. The number of aromatic nitrogens is 3. The molecule has 0 aliphatic carbocycles. The molecular formula is C36H44ClFN8O5. The lowest BCUT2D eigenvalue weighted by Gasteiger charge is -2.35. The third-order valence-electron chi connectivity index (χ3n) is 8.52. The lowest BCUT2D eigenvalue weighted by Crippen LogP contribution is -2.40. The second-order valence-electron chi connectivity index (χ2n) is 12.6. The summed E-state index contributed by atoms with van der Waals surface area (Å²) in [6.45, 7) is 4.48. The largest absolute Gasteiger partial charge is 0.481 e. The van der Waals surface area contributed by atoms with Crippen molar-refractivity contribution in [3.05, 3.63) is 59.0 Å². The number of carboxylic acid groups (broad SMARTS) is 1. The number of piperidine rings is 1. The van der Waals surface area contributed by atoms with Gasteiger partial charge in [0, 0.05) is 74.8 Å². The van der Waals surface area contributed by atoms with Crippen LogP contribution in [0.2, 0.25) is 5.02 Å². The molecule has 0 saturated carbocycles. The minimum absolute atomic E-state index is 0.00604. The number of carboxylic acids is 1. The van der Waals surface area contributed by atoms with E-state index in [9.17, 15) is 18.8 Å². The van der Waals surface area contributed by atoms with Gasteiger partial charge in [-0.3, -0.25) is 14.4 Å². The van der Waals surface area contributed by atoms with Gasteiger partial charge in [-0.15, -0.1) is 0 Å². The zero-order chi connectivity index (χ0) is 36.3. The van der Waals surface area contributed by atoms with Crippen LogP contribution in [0.25, 0.3) is 33.5 Å². The van der Waals surface area contributed by atoms with Crippen LogP contribution in [0.5, 0.6) is 0 Å². The molecule has 1 aliphatic heterocycles. The molecule has 15 heteroatoms. The summed E-state index contributed by atoms with van der Waals surface area (Å²) in [5.74, 6) is -0.578. The van der Waals surface area contributed by atoms with Crippen molar-refractivity contribution in [1.82, 2.24) is 25.6 Å². The fourth-order valence-corrected chi connectivity index (χ4v) is 6.15. The Kier molecular flexibility index (Phi) is 13.2. The van der Waals surface area contributed by atoms with Gasteiger partial charge >= 0.3 is 5.97 Å². The van der Waals surface area contributed by atoms with Gasteiger partial charge < -0.3 is 41.4 Å². The topological polar surface area (TPSA) is 188 Å². The Bertz CT molecular complexity index is 1830. The smallest absolute Gasteiger partial charge is 0.303 e. The van der Waals surface area contributed by atoms with Crippen LogP contribution in [0.1, 0.15) is 44.1 Å². The zero-order valence-electron chi connectivity index (χ0n) is 28.6. The molecule has 7 N–H and O–H groups in total. The standard InChI is InChI=1S/C36H44ClFN8O5/c1-22-17-23(19-25(38)18-22)27-21-43-35(42-12-11-41-31(48)9-16-51-15-8-30(47)40-10-2-3-32(49)50)33(34(27)46-13-6-26(39)7-14-46)36-44-28-5-4-24(37)20-29(28)45-36/h4-5,17-21,26H,2-3,6-16,39H2,1H3,(H,40,47)(H,41,48)(H,42,43)(H,44,45)(H,49,50). The number of imidazole rings is 1. The Morgan fingerprint density at radius 3 is 2.47 bits per heavy atom. The number of nitrogens with one attached hydrogen (secondary N) is 4. The number of H-pyrrole nitrogens is 1. The number of ether oxygens (including phenoxy) is 1. The minimum Gasteiger partial charge on any atom is -0.481 e. The van der Waals surface area contributed by atoms with Gasteiger partial charge in [0.15, 0.2) is 0 Å². The van der Waals surface area contributed by atoms with Gasteiger partial charge in [-0.1, -0.05) is 17.7 Å². The van der Waals surface area contributed by atoms with E-state index < -0.39 is 5.97 Å². The molecule has 1 fully saturated rings. The molecule has 1 saturated heterocycles. The van der Waals surface area contributed by atoms with Crippen LogP contribution < -0.4 is 26.6 Å².